The average Bonchev–Trinajstić information content (AvgIpc) is 2.95. The molecule has 1 heterocycles. The highest BCUT2D eigenvalue weighted by Gasteiger charge is 2.19. The summed E-state index contributed by atoms with van der Waals surface area (Å²) in [6.45, 7) is 3.73. The van der Waals surface area contributed by atoms with Crippen LogP contribution in [0.5, 0.6) is 5.75 Å². The summed E-state index contributed by atoms with van der Waals surface area (Å²) >= 11 is 0. The summed E-state index contributed by atoms with van der Waals surface area (Å²) in [6, 6.07) is 7.25. The number of aryl methyl sites for hydroxylation is 1. The van der Waals surface area contributed by atoms with Crippen molar-refractivity contribution in [3.63, 3.8) is 0 Å². The maximum Gasteiger partial charge on any atom is 0.273 e. The summed E-state index contributed by atoms with van der Waals surface area (Å²) in [5.74, 6) is 1.35. The van der Waals surface area contributed by atoms with E-state index in [0.717, 1.165) is 11.3 Å². The van der Waals surface area contributed by atoms with E-state index in [4.69, 9.17) is 14.3 Å². The molecule has 124 valence electrons. The summed E-state index contributed by atoms with van der Waals surface area (Å²) in [6.07, 6.45) is 1.36. The number of hydrogen-bond donors (Lipinski definition) is 2. The van der Waals surface area contributed by atoms with Crippen LogP contribution in [-0.4, -0.2) is 35.8 Å². The topological polar surface area (TPSA) is 84.6 Å². The number of nitrogens with zero attached hydrogens (tertiary/aromatic N) is 1. The lowest BCUT2D eigenvalue weighted by molar-refractivity contribution is 0.0930. The number of aliphatic hydroxyl groups is 1. The molecule has 2 rings (SSSR count). The van der Waals surface area contributed by atoms with Crippen molar-refractivity contribution >= 4 is 5.91 Å². The van der Waals surface area contributed by atoms with Gasteiger partial charge in [-0.3, -0.25) is 4.79 Å². The zero-order chi connectivity index (χ0) is 16.8. The molecule has 1 amide bonds. The predicted molar refractivity (Wildman–Crippen MR) is 86.5 cm³/mol. The molecule has 0 aliphatic heterocycles. The average molecular weight is 318 g/mol. The van der Waals surface area contributed by atoms with Gasteiger partial charge in [-0.2, -0.15) is 0 Å². The van der Waals surface area contributed by atoms with Gasteiger partial charge in [0, 0.05) is 18.2 Å². The van der Waals surface area contributed by atoms with Crippen LogP contribution in [0.3, 0.4) is 0 Å². The van der Waals surface area contributed by atoms with Gasteiger partial charge in [0.05, 0.1) is 7.11 Å². The third kappa shape index (κ3) is 4.32. The summed E-state index contributed by atoms with van der Waals surface area (Å²) in [5.41, 5.74) is 1.06. The Kier molecular flexibility index (Phi) is 5.76. The first kappa shape index (κ1) is 17.0. The van der Waals surface area contributed by atoms with Crippen molar-refractivity contribution in [2.45, 2.75) is 32.7 Å². The highest BCUT2D eigenvalue weighted by atomic mass is 16.5. The van der Waals surface area contributed by atoms with Crippen LogP contribution < -0.4 is 10.1 Å². The first-order valence-corrected chi connectivity index (χ1v) is 7.58. The van der Waals surface area contributed by atoms with E-state index in [9.17, 15) is 4.79 Å². The number of carbonyl (C=O) groups is 1. The molecule has 0 spiro atoms. The Morgan fingerprint density at radius 2 is 2.09 bits per heavy atom. The fourth-order valence-corrected chi connectivity index (χ4v) is 2.23. The number of aromatic nitrogens is 1. The first-order valence-electron chi connectivity index (χ1n) is 7.58. The highest BCUT2D eigenvalue weighted by Crippen LogP contribution is 2.24. The zero-order valence-corrected chi connectivity index (χ0v) is 13.6. The number of benzene rings is 1. The van der Waals surface area contributed by atoms with Crippen molar-refractivity contribution in [1.82, 2.24) is 10.3 Å². The molecule has 23 heavy (non-hydrogen) atoms. The third-order valence-corrected chi connectivity index (χ3v) is 3.52. The molecule has 0 aliphatic carbocycles. The van der Waals surface area contributed by atoms with Gasteiger partial charge in [0.25, 0.3) is 5.91 Å². The number of aliphatic hydroxyl groups excluding tert-OH is 1. The molecule has 0 saturated heterocycles. The Morgan fingerprint density at radius 3 is 2.70 bits per heavy atom. The number of oxazole rings is 1. The Hall–Kier alpha value is -2.34. The fraction of sp³-hybridized carbons (Fsp3) is 0.412. The van der Waals surface area contributed by atoms with Crippen LogP contribution in [0, 0.1) is 6.92 Å². The number of rotatable bonds is 7. The Labute approximate surface area is 135 Å². The van der Waals surface area contributed by atoms with Gasteiger partial charge >= 0.3 is 0 Å². The molecular formula is C17H22N2O4. The number of methoxy groups -OCH3 is 1. The van der Waals surface area contributed by atoms with E-state index < -0.39 is 0 Å². The smallest absolute Gasteiger partial charge is 0.273 e. The largest absolute Gasteiger partial charge is 0.497 e. The normalized spacial score (nSPS) is 12.0. The summed E-state index contributed by atoms with van der Waals surface area (Å²) in [5, 5.41) is 11.7. The van der Waals surface area contributed by atoms with Gasteiger partial charge in [0.15, 0.2) is 5.69 Å². The van der Waals surface area contributed by atoms with Crippen LogP contribution in [0.15, 0.2) is 28.7 Å². The second-order valence-corrected chi connectivity index (χ2v) is 5.39. The minimum Gasteiger partial charge on any atom is -0.497 e. The van der Waals surface area contributed by atoms with E-state index in [1.165, 1.54) is 0 Å². The molecule has 0 radical (unpaired) electrons. The zero-order valence-electron chi connectivity index (χ0n) is 13.6. The molecule has 0 saturated carbocycles. The number of ether oxygens (including phenoxy) is 1. The molecule has 6 heteroatoms. The van der Waals surface area contributed by atoms with E-state index in [1.807, 2.05) is 31.2 Å². The molecule has 1 aromatic heterocycles. The van der Waals surface area contributed by atoms with Crippen molar-refractivity contribution in [3.8, 4) is 17.2 Å². The predicted octanol–water partition coefficient (Wildman–Crippen LogP) is 2.55. The molecule has 0 bridgehead atoms. The molecule has 2 aromatic rings. The van der Waals surface area contributed by atoms with Gasteiger partial charge in [-0.1, -0.05) is 0 Å². The second kappa shape index (κ2) is 7.78. The molecule has 6 nitrogen and oxygen atoms in total. The minimum absolute atomic E-state index is 0.0322. The standard InChI is InChI=1S/C17H22N2O4/c1-11(5-4-10-20)18-16(21)15-12(2)23-17(19-15)13-6-8-14(22-3)9-7-13/h6-9,11,20H,4-5,10H2,1-3H3,(H,18,21). The lowest BCUT2D eigenvalue weighted by atomic mass is 10.2. The van der Waals surface area contributed by atoms with Crippen molar-refractivity contribution in [2.24, 2.45) is 0 Å². The van der Waals surface area contributed by atoms with Crippen molar-refractivity contribution in [2.75, 3.05) is 13.7 Å². The molecule has 1 unspecified atom stereocenters. The van der Waals surface area contributed by atoms with Gasteiger partial charge in [0.1, 0.15) is 11.5 Å². The fourth-order valence-electron chi connectivity index (χ4n) is 2.23. The molecule has 0 aliphatic rings. The van der Waals surface area contributed by atoms with E-state index in [-0.39, 0.29) is 24.2 Å². The van der Waals surface area contributed by atoms with Gasteiger partial charge in [-0.15, -0.1) is 0 Å². The third-order valence-electron chi connectivity index (χ3n) is 3.52. The van der Waals surface area contributed by atoms with Crippen molar-refractivity contribution < 1.29 is 19.1 Å². The number of hydrogen-bond acceptors (Lipinski definition) is 5. The monoisotopic (exact) mass is 318 g/mol. The van der Waals surface area contributed by atoms with Gasteiger partial charge in [0.2, 0.25) is 5.89 Å². The number of carbonyl (C=O) groups excluding carboxylic acids is 1. The van der Waals surface area contributed by atoms with Crippen LogP contribution >= 0.6 is 0 Å². The van der Waals surface area contributed by atoms with Crippen molar-refractivity contribution in [3.05, 3.63) is 35.7 Å². The van der Waals surface area contributed by atoms with Crippen molar-refractivity contribution in [1.29, 1.82) is 0 Å². The van der Waals surface area contributed by atoms with Gasteiger partial charge in [-0.25, -0.2) is 4.98 Å². The maximum atomic E-state index is 12.3. The van der Waals surface area contributed by atoms with Crippen LogP contribution in [0.4, 0.5) is 0 Å². The maximum absolute atomic E-state index is 12.3. The van der Waals surface area contributed by atoms with Crippen LogP contribution in [-0.2, 0) is 0 Å². The summed E-state index contributed by atoms with van der Waals surface area (Å²) < 4.78 is 10.7. The Balaban J connectivity index is 2.12. The van der Waals surface area contributed by atoms with Gasteiger partial charge < -0.3 is 19.6 Å². The van der Waals surface area contributed by atoms with E-state index in [0.29, 0.717) is 24.5 Å². The lowest BCUT2D eigenvalue weighted by Crippen LogP contribution is -2.33. The Morgan fingerprint density at radius 1 is 1.39 bits per heavy atom. The van der Waals surface area contributed by atoms with Crippen LogP contribution in [0.1, 0.15) is 36.0 Å². The molecule has 0 fully saturated rings. The van der Waals surface area contributed by atoms with E-state index in [2.05, 4.69) is 10.3 Å². The number of amides is 1. The molecular weight excluding hydrogens is 296 g/mol. The van der Waals surface area contributed by atoms with E-state index >= 15 is 0 Å². The highest BCUT2D eigenvalue weighted by molar-refractivity contribution is 5.93. The molecule has 1 atom stereocenters. The second-order valence-electron chi connectivity index (χ2n) is 5.39. The summed E-state index contributed by atoms with van der Waals surface area (Å²) in [4.78, 5) is 16.6. The SMILES string of the molecule is COc1ccc(-c2nc(C(=O)NC(C)CCCO)c(C)o2)cc1. The molecule has 2 N–H and O–H groups in total. The first-order chi connectivity index (χ1) is 11.0. The quantitative estimate of drug-likeness (QED) is 0.819. The molecule has 1 aromatic carbocycles. The van der Waals surface area contributed by atoms with E-state index in [1.54, 1.807) is 14.0 Å². The lowest BCUT2D eigenvalue weighted by Gasteiger charge is -2.11. The summed E-state index contributed by atoms with van der Waals surface area (Å²) in [7, 11) is 1.60. The van der Waals surface area contributed by atoms with Crippen LogP contribution in [0.2, 0.25) is 0 Å². The minimum atomic E-state index is -0.267. The number of nitrogens with one attached hydrogen (secondary N) is 1. The Bertz CT molecular complexity index is 649. The van der Waals surface area contributed by atoms with Gasteiger partial charge in [-0.05, 0) is 51.0 Å². The van der Waals surface area contributed by atoms with Crippen LogP contribution in [0.25, 0.3) is 11.5 Å².